The number of hydrogen-bond donors (Lipinski definition) is 1. The van der Waals surface area contributed by atoms with Crippen LogP contribution < -0.4 is 5.32 Å². The predicted octanol–water partition coefficient (Wildman–Crippen LogP) is 0.929. The Morgan fingerprint density at radius 3 is 2.50 bits per heavy atom. The number of ether oxygens (including phenoxy) is 1. The van der Waals surface area contributed by atoms with Crippen LogP contribution >= 0.6 is 0 Å². The van der Waals surface area contributed by atoms with Crippen molar-refractivity contribution in [1.82, 2.24) is 10.2 Å². The first-order valence-electron chi connectivity index (χ1n) is 7.58. The summed E-state index contributed by atoms with van der Waals surface area (Å²) in [6.07, 6.45) is 3.04. The van der Waals surface area contributed by atoms with Crippen LogP contribution in [-0.4, -0.2) is 47.6 Å². The molecule has 0 aromatic rings. The SMILES string of the molecule is CC1(C2CC2)NC(=O)C(C)(C)N(CC2CCOC2)C1=O. The first-order chi connectivity index (χ1) is 9.35. The highest BCUT2D eigenvalue weighted by atomic mass is 16.5. The Labute approximate surface area is 120 Å². The fraction of sp³-hybridized carbons (Fsp3) is 0.867. The zero-order valence-corrected chi connectivity index (χ0v) is 12.6. The van der Waals surface area contributed by atoms with E-state index in [0.717, 1.165) is 25.9 Å². The zero-order chi connectivity index (χ0) is 14.5. The molecule has 2 heterocycles. The molecule has 20 heavy (non-hydrogen) atoms. The van der Waals surface area contributed by atoms with Gasteiger partial charge >= 0.3 is 0 Å². The molecular weight excluding hydrogens is 256 g/mol. The molecule has 1 N–H and O–H groups in total. The van der Waals surface area contributed by atoms with Crippen molar-refractivity contribution in [3.05, 3.63) is 0 Å². The van der Waals surface area contributed by atoms with Gasteiger partial charge in [0.05, 0.1) is 6.61 Å². The first-order valence-corrected chi connectivity index (χ1v) is 7.58. The van der Waals surface area contributed by atoms with Gasteiger partial charge in [0.1, 0.15) is 11.1 Å². The number of carbonyl (C=O) groups excluding carboxylic acids is 2. The first kappa shape index (κ1) is 13.9. The van der Waals surface area contributed by atoms with E-state index in [2.05, 4.69) is 5.32 Å². The molecule has 2 unspecified atom stereocenters. The number of nitrogens with zero attached hydrogens (tertiary/aromatic N) is 1. The second-order valence-electron chi connectivity index (χ2n) is 7.14. The molecule has 112 valence electrons. The largest absolute Gasteiger partial charge is 0.381 e. The van der Waals surface area contributed by atoms with Crippen LogP contribution in [0.1, 0.15) is 40.0 Å². The molecule has 2 saturated heterocycles. The van der Waals surface area contributed by atoms with Gasteiger partial charge in [-0.25, -0.2) is 0 Å². The topological polar surface area (TPSA) is 58.6 Å². The molecular formula is C15H24N2O3. The van der Waals surface area contributed by atoms with Crippen LogP contribution in [0.3, 0.4) is 0 Å². The molecule has 3 aliphatic rings. The fourth-order valence-electron chi connectivity index (χ4n) is 3.33. The highest BCUT2D eigenvalue weighted by molar-refractivity contribution is 6.02. The Morgan fingerprint density at radius 2 is 1.95 bits per heavy atom. The van der Waals surface area contributed by atoms with E-state index in [1.807, 2.05) is 20.8 Å². The predicted molar refractivity (Wildman–Crippen MR) is 74.0 cm³/mol. The van der Waals surface area contributed by atoms with E-state index >= 15 is 0 Å². The van der Waals surface area contributed by atoms with Gasteiger partial charge in [0.15, 0.2) is 0 Å². The van der Waals surface area contributed by atoms with Crippen molar-refractivity contribution in [2.24, 2.45) is 11.8 Å². The Balaban J connectivity index is 1.85. The number of carbonyl (C=O) groups is 2. The molecule has 2 amide bonds. The van der Waals surface area contributed by atoms with Crippen LogP contribution in [0.5, 0.6) is 0 Å². The van der Waals surface area contributed by atoms with Gasteiger partial charge in [-0.15, -0.1) is 0 Å². The minimum Gasteiger partial charge on any atom is -0.381 e. The molecule has 1 aliphatic carbocycles. The number of hydrogen-bond acceptors (Lipinski definition) is 3. The van der Waals surface area contributed by atoms with Crippen LogP contribution in [0, 0.1) is 11.8 Å². The maximum atomic E-state index is 12.9. The lowest BCUT2D eigenvalue weighted by molar-refractivity contribution is -0.162. The molecule has 0 bridgehead atoms. The molecule has 2 atom stereocenters. The van der Waals surface area contributed by atoms with E-state index < -0.39 is 11.1 Å². The van der Waals surface area contributed by atoms with E-state index in [1.165, 1.54) is 0 Å². The van der Waals surface area contributed by atoms with Crippen LogP contribution in [0.2, 0.25) is 0 Å². The van der Waals surface area contributed by atoms with Gasteiger partial charge in [-0.3, -0.25) is 9.59 Å². The van der Waals surface area contributed by atoms with Crippen molar-refractivity contribution < 1.29 is 14.3 Å². The van der Waals surface area contributed by atoms with Crippen LogP contribution in [0.4, 0.5) is 0 Å². The Kier molecular flexibility index (Phi) is 3.08. The number of piperazine rings is 1. The van der Waals surface area contributed by atoms with Crippen LogP contribution in [0.15, 0.2) is 0 Å². The standard InChI is InChI=1S/C15H24N2O3/c1-14(2)12(18)16-15(3,11-4-5-11)13(19)17(14)8-10-6-7-20-9-10/h10-11H,4-9H2,1-3H3,(H,16,18). The highest BCUT2D eigenvalue weighted by Crippen LogP contribution is 2.43. The lowest BCUT2D eigenvalue weighted by atomic mass is 9.84. The minimum absolute atomic E-state index is 0.0367. The van der Waals surface area contributed by atoms with Crippen molar-refractivity contribution in [2.75, 3.05) is 19.8 Å². The third-order valence-corrected chi connectivity index (χ3v) is 5.15. The summed E-state index contributed by atoms with van der Waals surface area (Å²) < 4.78 is 5.40. The summed E-state index contributed by atoms with van der Waals surface area (Å²) in [4.78, 5) is 27.2. The molecule has 0 radical (unpaired) electrons. The third-order valence-electron chi connectivity index (χ3n) is 5.15. The summed E-state index contributed by atoms with van der Waals surface area (Å²) >= 11 is 0. The van der Waals surface area contributed by atoms with Gasteiger partial charge in [0.25, 0.3) is 0 Å². The number of rotatable bonds is 3. The Bertz CT molecular complexity index is 438. The van der Waals surface area contributed by atoms with E-state index in [9.17, 15) is 9.59 Å². The van der Waals surface area contributed by atoms with Crippen LogP contribution in [-0.2, 0) is 14.3 Å². The smallest absolute Gasteiger partial charge is 0.249 e. The van der Waals surface area contributed by atoms with E-state index in [4.69, 9.17) is 4.74 Å². The number of amides is 2. The van der Waals surface area contributed by atoms with Crippen molar-refractivity contribution in [2.45, 2.75) is 51.1 Å². The minimum atomic E-state index is -0.770. The maximum absolute atomic E-state index is 12.9. The van der Waals surface area contributed by atoms with Crippen molar-refractivity contribution >= 4 is 11.8 Å². The molecule has 5 nitrogen and oxygen atoms in total. The van der Waals surface area contributed by atoms with Gasteiger partial charge in [0, 0.05) is 19.1 Å². The molecule has 2 aliphatic heterocycles. The Hall–Kier alpha value is -1.10. The zero-order valence-electron chi connectivity index (χ0n) is 12.6. The van der Waals surface area contributed by atoms with Gasteiger partial charge in [-0.05, 0) is 46.0 Å². The molecule has 5 heteroatoms. The van der Waals surface area contributed by atoms with Crippen molar-refractivity contribution in [3.63, 3.8) is 0 Å². The van der Waals surface area contributed by atoms with Gasteiger partial charge < -0.3 is 15.0 Å². The summed E-state index contributed by atoms with van der Waals surface area (Å²) in [6.45, 7) is 7.64. The summed E-state index contributed by atoms with van der Waals surface area (Å²) in [7, 11) is 0. The molecule has 3 fully saturated rings. The summed E-state index contributed by atoms with van der Waals surface area (Å²) in [6, 6.07) is 0. The van der Waals surface area contributed by atoms with Crippen molar-refractivity contribution in [3.8, 4) is 0 Å². The maximum Gasteiger partial charge on any atom is 0.249 e. The van der Waals surface area contributed by atoms with Crippen LogP contribution in [0.25, 0.3) is 0 Å². The third kappa shape index (κ3) is 2.03. The lowest BCUT2D eigenvalue weighted by Crippen LogP contribution is -2.74. The second kappa shape index (κ2) is 4.45. The molecule has 0 aromatic heterocycles. The molecule has 0 aromatic carbocycles. The van der Waals surface area contributed by atoms with E-state index in [1.54, 1.807) is 4.90 Å². The van der Waals surface area contributed by atoms with Crippen molar-refractivity contribution in [1.29, 1.82) is 0 Å². The lowest BCUT2D eigenvalue weighted by Gasteiger charge is -2.49. The summed E-state index contributed by atoms with van der Waals surface area (Å²) in [5.41, 5.74) is -1.47. The van der Waals surface area contributed by atoms with Gasteiger partial charge in [0.2, 0.25) is 11.8 Å². The van der Waals surface area contributed by atoms with Gasteiger partial charge in [-0.2, -0.15) is 0 Å². The van der Waals surface area contributed by atoms with Gasteiger partial charge in [-0.1, -0.05) is 0 Å². The number of nitrogens with one attached hydrogen (secondary N) is 1. The summed E-state index contributed by atoms with van der Waals surface area (Å²) in [5.74, 6) is 0.701. The average molecular weight is 280 g/mol. The Morgan fingerprint density at radius 1 is 1.25 bits per heavy atom. The normalized spacial score (nSPS) is 37.1. The fourth-order valence-corrected chi connectivity index (χ4v) is 3.33. The highest BCUT2D eigenvalue weighted by Gasteiger charge is 2.58. The molecule has 0 spiro atoms. The average Bonchev–Trinajstić information content (AvgIpc) is 3.12. The molecule has 3 rings (SSSR count). The monoisotopic (exact) mass is 280 g/mol. The summed E-state index contributed by atoms with van der Waals surface area (Å²) in [5, 5.41) is 2.99. The quantitative estimate of drug-likeness (QED) is 0.836. The van der Waals surface area contributed by atoms with E-state index in [0.29, 0.717) is 25.0 Å². The second-order valence-corrected chi connectivity index (χ2v) is 7.14. The van der Waals surface area contributed by atoms with E-state index in [-0.39, 0.29) is 11.8 Å². The molecule has 1 saturated carbocycles.